The van der Waals surface area contributed by atoms with Crippen molar-refractivity contribution in [2.45, 2.75) is 19.9 Å². The molecule has 0 heterocycles. The maximum Gasteiger partial charge on any atom is 0.407 e. The fraction of sp³-hybridized carbons (Fsp3) is 0.417. The molecule has 4 nitrogen and oxygen atoms in total. The number of ether oxygens (including phenoxy) is 2. The van der Waals surface area contributed by atoms with E-state index in [9.17, 15) is 9.18 Å². The molecule has 0 bridgehead atoms. The summed E-state index contributed by atoms with van der Waals surface area (Å²) in [5.41, 5.74) is 0.649. The lowest BCUT2D eigenvalue weighted by molar-refractivity contribution is 0.149. The van der Waals surface area contributed by atoms with E-state index in [1.165, 1.54) is 19.2 Å². The van der Waals surface area contributed by atoms with Crippen LogP contribution >= 0.6 is 0 Å². The molecule has 0 aliphatic carbocycles. The van der Waals surface area contributed by atoms with E-state index in [-0.39, 0.29) is 11.8 Å². The van der Waals surface area contributed by atoms with Gasteiger partial charge in [0.2, 0.25) is 0 Å². The lowest BCUT2D eigenvalue weighted by Crippen LogP contribution is -2.27. The molecule has 0 radical (unpaired) electrons. The molecule has 94 valence electrons. The largest absolute Gasteiger partial charge is 0.494 e. The van der Waals surface area contributed by atoms with E-state index >= 15 is 0 Å². The topological polar surface area (TPSA) is 47.6 Å². The molecule has 1 atom stereocenters. The van der Waals surface area contributed by atoms with Gasteiger partial charge in [-0.2, -0.15) is 0 Å². The summed E-state index contributed by atoms with van der Waals surface area (Å²) >= 11 is 0. The van der Waals surface area contributed by atoms with Gasteiger partial charge in [-0.15, -0.1) is 0 Å². The monoisotopic (exact) mass is 241 g/mol. The lowest BCUT2D eigenvalue weighted by atomic mass is 10.1. The Bertz CT molecular complexity index is 395. The average molecular weight is 241 g/mol. The summed E-state index contributed by atoms with van der Waals surface area (Å²) in [5.74, 6) is -0.278. The van der Waals surface area contributed by atoms with Gasteiger partial charge in [-0.05, 0) is 31.5 Å². The lowest BCUT2D eigenvalue weighted by Gasteiger charge is -2.14. The Morgan fingerprint density at radius 3 is 2.76 bits per heavy atom. The smallest absolute Gasteiger partial charge is 0.407 e. The van der Waals surface area contributed by atoms with E-state index in [4.69, 9.17) is 9.47 Å². The Morgan fingerprint density at radius 1 is 1.53 bits per heavy atom. The molecule has 1 N–H and O–H groups in total. The maximum atomic E-state index is 13.4. The molecule has 1 rings (SSSR count). The van der Waals surface area contributed by atoms with Crippen LogP contribution in [0, 0.1) is 5.82 Å². The molecular formula is C12H16FNO3. The van der Waals surface area contributed by atoms with Crippen molar-refractivity contribution in [2.75, 3.05) is 13.7 Å². The predicted octanol–water partition coefficient (Wildman–Crippen LogP) is 2.64. The van der Waals surface area contributed by atoms with Crippen molar-refractivity contribution in [1.82, 2.24) is 5.32 Å². The standard InChI is InChI=1S/C12H16FNO3/c1-4-17-12(15)14-8(2)9-5-6-11(16-3)10(13)7-9/h5-8H,4H2,1-3H3,(H,14,15)/t8-/m0/s1. The maximum absolute atomic E-state index is 13.4. The van der Waals surface area contributed by atoms with Gasteiger partial charge in [0.25, 0.3) is 0 Å². The molecule has 1 aromatic rings. The minimum absolute atomic E-state index is 0.178. The van der Waals surface area contributed by atoms with Crippen LogP contribution in [-0.2, 0) is 4.74 Å². The molecule has 1 amide bonds. The van der Waals surface area contributed by atoms with Crippen LogP contribution in [0.25, 0.3) is 0 Å². The van der Waals surface area contributed by atoms with Crippen molar-refractivity contribution in [3.05, 3.63) is 29.6 Å². The summed E-state index contributed by atoms with van der Waals surface area (Å²) < 4.78 is 23.0. The summed E-state index contributed by atoms with van der Waals surface area (Å²) in [6.07, 6.45) is -0.517. The molecule has 0 fully saturated rings. The molecule has 1 aromatic carbocycles. The molecular weight excluding hydrogens is 225 g/mol. The predicted molar refractivity (Wildman–Crippen MR) is 61.5 cm³/mol. The highest BCUT2D eigenvalue weighted by Crippen LogP contribution is 2.21. The minimum Gasteiger partial charge on any atom is -0.494 e. The summed E-state index contributed by atoms with van der Waals surface area (Å²) in [7, 11) is 1.40. The highest BCUT2D eigenvalue weighted by atomic mass is 19.1. The number of nitrogens with one attached hydrogen (secondary N) is 1. The number of halogens is 1. The Kier molecular flexibility index (Phi) is 4.75. The van der Waals surface area contributed by atoms with E-state index in [2.05, 4.69) is 5.32 Å². The molecule has 0 aliphatic heterocycles. The highest BCUT2D eigenvalue weighted by molar-refractivity contribution is 5.67. The second-order valence-corrected chi connectivity index (χ2v) is 3.48. The van der Waals surface area contributed by atoms with Gasteiger partial charge in [0.05, 0.1) is 19.8 Å². The first-order chi connectivity index (χ1) is 8.08. The normalized spacial score (nSPS) is 11.8. The Hall–Kier alpha value is -1.78. The summed E-state index contributed by atoms with van der Waals surface area (Å²) in [5, 5.41) is 2.59. The van der Waals surface area contributed by atoms with Crippen molar-refractivity contribution in [2.24, 2.45) is 0 Å². The molecule has 5 heteroatoms. The molecule has 0 saturated heterocycles. The van der Waals surface area contributed by atoms with Crippen LogP contribution in [0.2, 0.25) is 0 Å². The minimum atomic E-state index is -0.517. The van der Waals surface area contributed by atoms with E-state index in [1.807, 2.05) is 0 Å². The van der Waals surface area contributed by atoms with Crippen LogP contribution in [0.5, 0.6) is 5.75 Å². The summed E-state index contributed by atoms with van der Waals surface area (Å²) in [6, 6.07) is 4.22. The third-order valence-electron chi connectivity index (χ3n) is 2.29. The zero-order valence-electron chi connectivity index (χ0n) is 10.1. The van der Waals surface area contributed by atoms with Gasteiger partial charge in [-0.3, -0.25) is 0 Å². The first kappa shape index (κ1) is 13.3. The van der Waals surface area contributed by atoms with Gasteiger partial charge in [0.15, 0.2) is 11.6 Å². The van der Waals surface area contributed by atoms with E-state index in [0.29, 0.717) is 12.2 Å². The van der Waals surface area contributed by atoms with Crippen LogP contribution in [0.15, 0.2) is 18.2 Å². The highest BCUT2D eigenvalue weighted by Gasteiger charge is 2.12. The van der Waals surface area contributed by atoms with Crippen molar-refractivity contribution < 1.29 is 18.7 Å². The Labute approximate surface area is 99.7 Å². The van der Waals surface area contributed by atoms with Crippen molar-refractivity contribution in [3.8, 4) is 5.75 Å². The molecule has 0 aromatic heterocycles. The van der Waals surface area contributed by atoms with E-state index in [1.54, 1.807) is 19.9 Å². The van der Waals surface area contributed by atoms with Gasteiger partial charge >= 0.3 is 6.09 Å². The number of amides is 1. The second-order valence-electron chi connectivity index (χ2n) is 3.48. The third kappa shape index (κ3) is 3.62. The Morgan fingerprint density at radius 2 is 2.24 bits per heavy atom. The van der Waals surface area contributed by atoms with Gasteiger partial charge in [-0.1, -0.05) is 6.07 Å². The number of carbonyl (C=O) groups excluding carboxylic acids is 1. The zero-order chi connectivity index (χ0) is 12.8. The van der Waals surface area contributed by atoms with Gasteiger partial charge in [-0.25, -0.2) is 9.18 Å². The van der Waals surface area contributed by atoms with Crippen molar-refractivity contribution in [3.63, 3.8) is 0 Å². The van der Waals surface area contributed by atoms with Gasteiger partial charge in [0.1, 0.15) is 0 Å². The molecule has 0 unspecified atom stereocenters. The number of rotatable bonds is 4. The van der Waals surface area contributed by atoms with Crippen LogP contribution < -0.4 is 10.1 Å². The molecule has 0 spiro atoms. The van der Waals surface area contributed by atoms with Crippen LogP contribution in [0.1, 0.15) is 25.5 Å². The second kappa shape index (κ2) is 6.08. The van der Waals surface area contributed by atoms with Crippen LogP contribution in [0.3, 0.4) is 0 Å². The van der Waals surface area contributed by atoms with E-state index in [0.717, 1.165) is 0 Å². The average Bonchev–Trinajstić information content (AvgIpc) is 2.29. The molecule has 17 heavy (non-hydrogen) atoms. The zero-order valence-corrected chi connectivity index (χ0v) is 10.1. The first-order valence-electron chi connectivity index (χ1n) is 5.35. The summed E-state index contributed by atoms with van der Waals surface area (Å²) in [6.45, 7) is 3.77. The fourth-order valence-electron chi connectivity index (χ4n) is 1.38. The van der Waals surface area contributed by atoms with Crippen molar-refractivity contribution in [1.29, 1.82) is 0 Å². The van der Waals surface area contributed by atoms with Crippen LogP contribution in [0.4, 0.5) is 9.18 Å². The SMILES string of the molecule is CCOC(=O)N[C@@H](C)c1ccc(OC)c(F)c1. The number of methoxy groups -OCH3 is 1. The number of benzene rings is 1. The fourth-order valence-corrected chi connectivity index (χ4v) is 1.38. The quantitative estimate of drug-likeness (QED) is 0.881. The van der Waals surface area contributed by atoms with Crippen LogP contribution in [-0.4, -0.2) is 19.8 Å². The summed E-state index contributed by atoms with van der Waals surface area (Å²) in [4.78, 5) is 11.2. The molecule has 0 aliphatic rings. The van der Waals surface area contributed by atoms with Gasteiger partial charge < -0.3 is 14.8 Å². The number of carbonyl (C=O) groups is 1. The Balaban J connectivity index is 2.72. The van der Waals surface area contributed by atoms with Crippen molar-refractivity contribution >= 4 is 6.09 Å². The third-order valence-corrected chi connectivity index (χ3v) is 2.29. The first-order valence-corrected chi connectivity index (χ1v) is 5.35. The van der Waals surface area contributed by atoms with E-state index < -0.39 is 11.9 Å². The van der Waals surface area contributed by atoms with Gasteiger partial charge in [0, 0.05) is 0 Å². The number of alkyl carbamates (subject to hydrolysis) is 1. The number of hydrogen-bond acceptors (Lipinski definition) is 3. The number of hydrogen-bond donors (Lipinski definition) is 1. The molecule has 0 saturated carbocycles.